The molecule has 2 rings (SSSR count). The highest BCUT2D eigenvalue weighted by Crippen LogP contribution is 2.17. The van der Waals surface area contributed by atoms with E-state index in [1.807, 2.05) is 13.1 Å². The molecular weight excluding hydrogens is 262 g/mol. The van der Waals surface area contributed by atoms with Crippen molar-refractivity contribution in [3.63, 3.8) is 0 Å². The van der Waals surface area contributed by atoms with E-state index in [-0.39, 0.29) is 5.56 Å². The summed E-state index contributed by atoms with van der Waals surface area (Å²) in [5.74, 6) is 0.667. The van der Waals surface area contributed by atoms with Crippen molar-refractivity contribution < 1.29 is 0 Å². The number of rotatable bonds is 1. The van der Waals surface area contributed by atoms with Crippen molar-refractivity contribution in [1.82, 2.24) is 15.0 Å². The fraction of sp³-hybridized carbons (Fsp3) is 0.357. The van der Waals surface area contributed by atoms with Gasteiger partial charge in [0.15, 0.2) is 0 Å². The molecule has 19 heavy (non-hydrogen) atoms. The van der Waals surface area contributed by atoms with Gasteiger partial charge in [-0.25, -0.2) is 4.98 Å². The van der Waals surface area contributed by atoms with Crippen LogP contribution < -0.4 is 5.56 Å². The summed E-state index contributed by atoms with van der Waals surface area (Å²) in [6.07, 6.45) is 4.51. The molecule has 102 valence electrons. The first kappa shape index (κ1) is 15.4. The molecule has 0 atom stereocenters. The van der Waals surface area contributed by atoms with Crippen LogP contribution in [0.4, 0.5) is 0 Å². The lowest BCUT2D eigenvalue weighted by Crippen LogP contribution is -2.08. The van der Waals surface area contributed by atoms with Crippen LogP contribution >= 0.6 is 11.6 Å². The molecule has 1 N–H and O–H groups in total. The molecule has 2 aromatic rings. The lowest BCUT2D eigenvalue weighted by molar-refractivity contribution is 0.982. The largest absolute Gasteiger partial charge is 0.311 e. The first-order chi connectivity index (χ1) is 8.93. The van der Waals surface area contributed by atoms with E-state index in [0.29, 0.717) is 5.82 Å². The Hall–Kier alpha value is -1.68. The van der Waals surface area contributed by atoms with E-state index in [4.69, 9.17) is 11.6 Å². The third kappa shape index (κ3) is 4.83. The minimum absolute atomic E-state index is 0.0833. The van der Waals surface area contributed by atoms with E-state index in [9.17, 15) is 4.79 Å². The maximum absolute atomic E-state index is 10.6. The second-order valence-corrected chi connectivity index (χ2v) is 4.65. The van der Waals surface area contributed by atoms with Crippen LogP contribution in [0.1, 0.15) is 29.6 Å². The van der Waals surface area contributed by atoms with Crippen molar-refractivity contribution >= 4 is 11.6 Å². The summed E-state index contributed by atoms with van der Waals surface area (Å²) in [6, 6.07) is 1.47. The maximum atomic E-state index is 10.6. The lowest BCUT2D eigenvalue weighted by Gasteiger charge is -2.02. The number of nitrogens with zero attached hydrogens (tertiary/aromatic N) is 2. The van der Waals surface area contributed by atoms with Crippen molar-refractivity contribution in [1.29, 1.82) is 0 Å². The number of hydrogen-bond acceptors (Lipinski definition) is 3. The van der Waals surface area contributed by atoms with Gasteiger partial charge in [-0.15, -0.1) is 0 Å². The Labute approximate surface area is 117 Å². The molecule has 0 spiro atoms. The second kappa shape index (κ2) is 7.04. The Morgan fingerprint density at radius 1 is 1.26 bits per heavy atom. The van der Waals surface area contributed by atoms with Gasteiger partial charge in [0.1, 0.15) is 5.82 Å². The molecule has 0 aliphatic rings. The first-order valence-electron chi connectivity index (χ1n) is 6.07. The normalized spacial score (nSPS) is 9.74. The molecule has 0 aromatic carbocycles. The Morgan fingerprint density at radius 3 is 2.37 bits per heavy atom. The quantitative estimate of drug-likeness (QED) is 0.873. The number of H-pyrrole nitrogens is 1. The summed E-state index contributed by atoms with van der Waals surface area (Å²) >= 11 is 5.87. The van der Waals surface area contributed by atoms with Gasteiger partial charge < -0.3 is 4.98 Å². The van der Waals surface area contributed by atoms with Gasteiger partial charge in [0.25, 0.3) is 5.56 Å². The number of aromatic amines is 1. The number of aryl methyl sites for hydroxylation is 3. The van der Waals surface area contributed by atoms with Gasteiger partial charge in [-0.3, -0.25) is 9.78 Å². The minimum atomic E-state index is -0.0833. The van der Waals surface area contributed by atoms with Crippen molar-refractivity contribution in [2.24, 2.45) is 0 Å². The van der Waals surface area contributed by atoms with Crippen LogP contribution in [-0.4, -0.2) is 15.0 Å². The van der Waals surface area contributed by atoms with Crippen molar-refractivity contribution in [3.8, 4) is 0 Å². The topological polar surface area (TPSA) is 58.6 Å². The average molecular weight is 280 g/mol. The van der Waals surface area contributed by atoms with Crippen LogP contribution in [0.25, 0.3) is 0 Å². The van der Waals surface area contributed by atoms with Crippen molar-refractivity contribution in [2.75, 3.05) is 0 Å². The summed E-state index contributed by atoms with van der Waals surface area (Å²) < 4.78 is 0. The standard InChI is InChI=1S/C8H10ClN.C6H8N2O/c1-3-7-6(2)4-10-5-8(7)9;1-4-3-6(9)8-5(2)7-4/h4-5H,3H2,1-2H3;3H,1-2H3,(H,7,8,9). The molecule has 0 aliphatic carbocycles. The number of pyridine rings is 1. The number of aromatic nitrogens is 3. The highest BCUT2D eigenvalue weighted by atomic mass is 35.5. The number of nitrogens with one attached hydrogen (secondary N) is 1. The molecule has 2 aromatic heterocycles. The predicted octanol–water partition coefficient (Wildman–Crippen LogP) is 2.99. The monoisotopic (exact) mass is 279 g/mol. The fourth-order valence-electron chi connectivity index (χ4n) is 1.74. The van der Waals surface area contributed by atoms with E-state index in [1.54, 1.807) is 20.0 Å². The van der Waals surface area contributed by atoms with Gasteiger partial charge in [0, 0.05) is 24.2 Å². The summed E-state index contributed by atoms with van der Waals surface area (Å²) in [4.78, 5) is 21.1. The molecule has 0 saturated carbocycles. The van der Waals surface area contributed by atoms with Crippen molar-refractivity contribution in [3.05, 3.63) is 56.5 Å². The molecule has 4 nitrogen and oxygen atoms in total. The summed E-state index contributed by atoms with van der Waals surface area (Å²) in [5.41, 5.74) is 3.06. The van der Waals surface area contributed by atoms with Crippen LogP contribution in [0.2, 0.25) is 5.02 Å². The van der Waals surface area contributed by atoms with Gasteiger partial charge in [0.2, 0.25) is 0 Å². The molecule has 0 aliphatic heterocycles. The summed E-state index contributed by atoms with van der Waals surface area (Å²) in [6.45, 7) is 7.67. The van der Waals surface area contributed by atoms with E-state index in [2.05, 4.69) is 21.9 Å². The molecule has 0 radical (unpaired) electrons. The molecular formula is C14H18ClN3O. The Bertz CT molecular complexity index is 564. The molecule has 0 unspecified atom stereocenters. The van der Waals surface area contributed by atoms with Crippen LogP contribution in [0.3, 0.4) is 0 Å². The third-order valence-electron chi connectivity index (χ3n) is 2.56. The molecule has 5 heteroatoms. The lowest BCUT2D eigenvalue weighted by atomic mass is 10.1. The second-order valence-electron chi connectivity index (χ2n) is 4.24. The smallest absolute Gasteiger partial charge is 0.251 e. The van der Waals surface area contributed by atoms with Crippen LogP contribution in [0.5, 0.6) is 0 Å². The molecule has 2 heterocycles. The van der Waals surface area contributed by atoms with Gasteiger partial charge in [-0.1, -0.05) is 18.5 Å². The fourth-order valence-corrected chi connectivity index (χ4v) is 2.07. The van der Waals surface area contributed by atoms with E-state index < -0.39 is 0 Å². The van der Waals surface area contributed by atoms with Crippen molar-refractivity contribution in [2.45, 2.75) is 34.1 Å². The zero-order valence-corrected chi connectivity index (χ0v) is 12.4. The Balaban J connectivity index is 0.000000191. The number of halogens is 1. The van der Waals surface area contributed by atoms with Gasteiger partial charge in [-0.05, 0) is 38.3 Å². The van der Waals surface area contributed by atoms with Gasteiger partial charge in [0.05, 0.1) is 5.02 Å². The van der Waals surface area contributed by atoms with Crippen LogP contribution in [0.15, 0.2) is 23.3 Å². The maximum Gasteiger partial charge on any atom is 0.251 e. The highest BCUT2D eigenvalue weighted by Gasteiger charge is 1.99. The van der Waals surface area contributed by atoms with E-state index >= 15 is 0 Å². The average Bonchev–Trinajstić information content (AvgIpc) is 2.28. The zero-order chi connectivity index (χ0) is 14.4. The summed E-state index contributed by atoms with van der Waals surface area (Å²) in [5, 5.41) is 0.780. The van der Waals surface area contributed by atoms with Gasteiger partial charge in [-0.2, -0.15) is 0 Å². The number of hydrogen-bond donors (Lipinski definition) is 1. The van der Waals surface area contributed by atoms with Crippen LogP contribution in [0, 0.1) is 20.8 Å². The molecule has 0 saturated heterocycles. The van der Waals surface area contributed by atoms with Gasteiger partial charge >= 0.3 is 0 Å². The minimum Gasteiger partial charge on any atom is -0.311 e. The highest BCUT2D eigenvalue weighted by molar-refractivity contribution is 6.31. The zero-order valence-electron chi connectivity index (χ0n) is 11.6. The summed E-state index contributed by atoms with van der Waals surface area (Å²) in [7, 11) is 0. The molecule has 0 amide bonds. The SMILES string of the molecule is CCc1c(C)cncc1Cl.Cc1cc(=O)[nH]c(C)n1. The Morgan fingerprint density at radius 2 is 1.95 bits per heavy atom. The van der Waals surface area contributed by atoms with E-state index in [1.165, 1.54) is 17.2 Å². The molecule has 0 bridgehead atoms. The van der Waals surface area contributed by atoms with E-state index in [0.717, 1.165) is 17.1 Å². The Kier molecular flexibility index (Phi) is 5.70. The predicted molar refractivity (Wildman–Crippen MR) is 77.7 cm³/mol. The van der Waals surface area contributed by atoms with Crippen LogP contribution in [-0.2, 0) is 6.42 Å². The third-order valence-corrected chi connectivity index (χ3v) is 2.89. The molecule has 0 fully saturated rings. The first-order valence-corrected chi connectivity index (χ1v) is 6.45.